The summed E-state index contributed by atoms with van der Waals surface area (Å²) in [6.07, 6.45) is 8.21. The molecular weight excluding hydrogens is 486 g/mol. The third-order valence-electron chi connectivity index (χ3n) is 8.80. The molecular formula is C28H35N5O3S. The van der Waals surface area contributed by atoms with Gasteiger partial charge in [-0.15, -0.1) is 0 Å². The van der Waals surface area contributed by atoms with Gasteiger partial charge in [0.2, 0.25) is 16.0 Å². The van der Waals surface area contributed by atoms with Crippen LogP contribution in [0.4, 0.5) is 11.6 Å². The SMILES string of the molecule is Cc1cc(S(=O)(=O)N2CC3(CC(C(C)C)C3)C2)ccc1Nc1ncc2ccc(=O)n(C3CCCC3)c2n1. The first-order chi connectivity index (χ1) is 17.6. The second-order valence-electron chi connectivity index (χ2n) is 11.7. The van der Waals surface area contributed by atoms with Crippen LogP contribution in [-0.4, -0.2) is 40.3 Å². The van der Waals surface area contributed by atoms with Gasteiger partial charge in [-0.05, 0) is 79.7 Å². The zero-order valence-electron chi connectivity index (χ0n) is 21.8. The van der Waals surface area contributed by atoms with Crippen molar-refractivity contribution in [1.29, 1.82) is 0 Å². The highest BCUT2D eigenvalue weighted by Crippen LogP contribution is 2.55. The van der Waals surface area contributed by atoms with Crippen LogP contribution in [0.1, 0.15) is 64.0 Å². The minimum absolute atomic E-state index is 0.0378. The lowest BCUT2D eigenvalue weighted by molar-refractivity contribution is -0.0679. The molecule has 3 aliphatic rings. The highest BCUT2D eigenvalue weighted by Gasteiger charge is 2.55. The summed E-state index contributed by atoms with van der Waals surface area (Å²) in [7, 11) is -3.51. The van der Waals surface area contributed by atoms with Crippen LogP contribution in [0.25, 0.3) is 11.0 Å². The lowest BCUT2D eigenvalue weighted by Crippen LogP contribution is -2.64. The molecule has 1 spiro atoms. The number of aryl methyl sites for hydroxylation is 1. The molecule has 2 saturated carbocycles. The van der Waals surface area contributed by atoms with E-state index in [0.29, 0.717) is 35.5 Å². The topological polar surface area (TPSA) is 97.2 Å². The van der Waals surface area contributed by atoms with E-state index in [2.05, 4.69) is 24.1 Å². The highest BCUT2D eigenvalue weighted by atomic mass is 32.2. The largest absolute Gasteiger partial charge is 0.324 e. The van der Waals surface area contributed by atoms with E-state index >= 15 is 0 Å². The number of hydrogen-bond acceptors (Lipinski definition) is 6. The summed E-state index contributed by atoms with van der Waals surface area (Å²) >= 11 is 0. The average Bonchev–Trinajstić information content (AvgIpc) is 3.32. The maximum absolute atomic E-state index is 13.3. The van der Waals surface area contributed by atoms with Gasteiger partial charge in [0.25, 0.3) is 5.56 Å². The number of nitrogens with zero attached hydrogens (tertiary/aromatic N) is 4. The van der Waals surface area contributed by atoms with E-state index in [0.717, 1.165) is 61.1 Å². The summed E-state index contributed by atoms with van der Waals surface area (Å²) in [5.41, 5.74) is 2.33. The van der Waals surface area contributed by atoms with Gasteiger partial charge < -0.3 is 5.32 Å². The number of anilines is 2. The fourth-order valence-electron chi connectivity index (χ4n) is 6.47. The number of fused-ring (bicyclic) bond motifs is 1. The number of nitrogens with one attached hydrogen (secondary N) is 1. The fraction of sp³-hybridized carbons (Fsp3) is 0.536. The summed E-state index contributed by atoms with van der Waals surface area (Å²) in [5.74, 6) is 1.78. The maximum Gasteiger partial charge on any atom is 0.252 e. The van der Waals surface area contributed by atoms with Crippen LogP contribution in [-0.2, 0) is 10.0 Å². The van der Waals surface area contributed by atoms with Gasteiger partial charge in [0, 0.05) is 42.5 Å². The molecule has 0 radical (unpaired) electrons. The second kappa shape index (κ2) is 8.91. The molecule has 3 aromatic rings. The van der Waals surface area contributed by atoms with Crippen molar-refractivity contribution in [2.45, 2.75) is 70.2 Å². The molecule has 3 fully saturated rings. The van der Waals surface area contributed by atoms with Crippen LogP contribution in [0.2, 0.25) is 0 Å². The summed E-state index contributed by atoms with van der Waals surface area (Å²) in [4.78, 5) is 22.2. The standard InChI is InChI=1S/C28H35N5O3S/c1-18(2)21-13-28(14-21)16-32(17-28)37(35,36)23-9-10-24(19(3)12-23)30-27-29-15-20-8-11-25(34)33(26(20)31-27)22-6-4-5-7-22/h8-12,15,18,21-22H,4-7,13-14,16-17H2,1-3H3,(H,29,30,31). The third-order valence-corrected chi connectivity index (χ3v) is 10.6. The molecule has 8 nitrogen and oxygen atoms in total. The second-order valence-corrected chi connectivity index (χ2v) is 13.7. The summed E-state index contributed by atoms with van der Waals surface area (Å²) < 4.78 is 30.0. The van der Waals surface area contributed by atoms with Gasteiger partial charge in [0.1, 0.15) is 5.65 Å². The molecule has 0 atom stereocenters. The number of rotatable bonds is 6. The Balaban J connectivity index is 1.21. The normalized spacial score (nSPS) is 20.4. The highest BCUT2D eigenvalue weighted by molar-refractivity contribution is 7.89. The van der Waals surface area contributed by atoms with E-state index in [1.165, 1.54) is 0 Å². The van der Waals surface area contributed by atoms with Crippen LogP contribution in [0.15, 0.2) is 46.2 Å². The Morgan fingerprint density at radius 2 is 1.81 bits per heavy atom. The molecule has 6 rings (SSSR count). The fourth-order valence-corrected chi connectivity index (χ4v) is 8.23. The van der Waals surface area contributed by atoms with Gasteiger partial charge in [-0.3, -0.25) is 9.36 Å². The molecule has 196 valence electrons. The molecule has 9 heteroatoms. The molecule has 1 aromatic carbocycles. The zero-order chi connectivity index (χ0) is 25.9. The monoisotopic (exact) mass is 521 g/mol. The molecule has 2 aliphatic carbocycles. The van der Waals surface area contributed by atoms with Crippen molar-refractivity contribution in [3.05, 3.63) is 52.4 Å². The van der Waals surface area contributed by atoms with Gasteiger partial charge in [-0.2, -0.15) is 9.29 Å². The van der Waals surface area contributed by atoms with Crippen molar-refractivity contribution in [2.24, 2.45) is 17.3 Å². The van der Waals surface area contributed by atoms with Crippen LogP contribution >= 0.6 is 0 Å². The Morgan fingerprint density at radius 3 is 2.49 bits per heavy atom. The first-order valence-corrected chi connectivity index (χ1v) is 14.9. The van der Waals surface area contributed by atoms with E-state index in [9.17, 15) is 13.2 Å². The van der Waals surface area contributed by atoms with Crippen molar-refractivity contribution < 1.29 is 8.42 Å². The summed E-state index contributed by atoms with van der Waals surface area (Å²) in [6, 6.07) is 8.68. The van der Waals surface area contributed by atoms with E-state index in [-0.39, 0.29) is 17.0 Å². The van der Waals surface area contributed by atoms with Crippen molar-refractivity contribution in [1.82, 2.24) is 18.8 Å². The summed E-state index contributed by atoms with van der Waals surface area (Å²) in [5, 5.41) is 4.07. The third kappa shape index (κ3) is 4.26. The average molecular weight is 522 g/mol. The molecule has 37 heavy (non-hydrogen) atoms. The number of pyridine rings is 1. The van der Waals surface area contributed by atoms with Gasteiger partial charge >= 0.3 is 0 Å². The molecule has 0 unspecified atom stereocenters. The minimum Gasteiger partial charge on any atom is -0.324 e. The number of sulfonamides is 1. The number of aromatic nitrogens is 3. The van der Waals surface area contributed by atoms with Crippen molar-refractivity contribution in [2.75, 3.05) is 18.4 Å². The minimum atomic E-state index is -3.51. The Morgan fingerprint density at radius 1 is 1.08 bits per heavy atom. The van der Waals surface area contributed by atoms with Gasteiger partial charge in [-0.25, -0.2) is 13.4 Å². The van der Waals surface area contributed by atoms with Crippen LogP contribution in [0.5, 0.6) is 0 Å². The molecule has 1 N–H and O–H groups in total. The van der Waals surface area contributed by atoms with Crippen LogP contribution < -0.4 is 10.9 Å². The molecule has 2 aromatic heterocycles. The smallest absolute Gasteiger partial charge is 0.252 e. The molecule has 0 amide bonds. The van der Waals surface area contributed by atoms with Crippen molar-refractivity contribution in [3.63, 3.8) is 0 Å². The molecule has 1 aliphatic heterocycles. The maximum atomic E-state index is 13.3. The van der Waals surface area contributed by atoms with E-state index < -0.39 is 10.0 Å². The first-order valence-electron chi connectivity index (χ1n) is 13.4. The Bertz CT molecular complexity index is 1510. The van der Waals surface area contributed by atoms with Crippen LogP contribution in [0, 0.1) is 24.2 Å². The van der Waals surface area contributed by atoms with Gasteiger partial charge in [0.05, 0.1) is 4.90 Å². The lowest BCUT2D eigenvalue weighted by atomic mass is 9.56. The van der Waals surface area contributed by atoms with Gasteiger partial charge in [-0.1, -0.05) is 26.7 Å². The lowest BCUT2D eigenvalue weighted by Gasteiger charge is -2.59. The molecule has 0 bridgehead atoms. The summed E-state index contributed by atoms with van der Waals surface area (Å²) in [6.45, 7) is 7.64. The van der Waals surface area contributed by atoms with Gasteiger partial charge in [0.15, 0.2) is 0 Å². The quantitative estimate of drug-likeness (QED) is 0.489. The molecule has 3 heterocycles. The zero-order valence-corrected chi connectivity index (χ0v) is 22.6. The van der Waals surface area contributed by atoms with Crippen LogP contribution in [0.3, 0.4) is 0 Å². The Hall–Kier alpha value is -2.78. The van der Waals surface area contributed by atoms with E-state index in [1.807, 2.05) is 11.5 Å². The predicted octanol–water partition coefficient (Wildman–Crippen LogP) is 5.02. The number of hydrogen-bond donors (Lipinski definition) is 1. The number of benzene rings is 1. The molecule has 1 saturated heterocycles. The Labute approximate surface area is 218 Å². The van der Waals surface area contributed by atoms with Crippen molar-refractivity contribution in [3.8, 4) is 0 Å². The Kier molecular flexibility index (Phi) is 5.91. The first kappa shape index (κ1) is 24.6. The van der Waals surface area contributed by atoms with Crippen molar-refractivity contribution >= 4 is 32.7 Å². The van der Waals surface area contributed by atoms with E-state index in [4.69, 9.17) is 4.98 Å². The predicted molar refractivity (Wildman–Crippen MR) is 145 cm³/mol. The van der Waals surface area contributed by atoms with E-state index in [1.54, 1.807) is 40.8 Å².